The summed E-state index contributed by atoms with van der Waals surface area (Å²) >= 11 is 3.31. The van der Waals surface area contributed by atoms with Crippen molar-refractivity contribution >= 4 is 27.5 Å². The van der Waals surface area contributed by atoms with E-state index in [-0.39, 0.29) is 5.91 Å². The minimum absolute atomic E-state index is 0.168. The lowest BCUT2D eigenvalue weighted by atomic mass is 10.3. The standard InChI is InChI=1S/C13H19BrN2O3/c1-9(13(17)16-6-3-7-18-2)19-12-5-4-10(14)8-11(12)15/h4-5,8-9H,3,6-7,15H2,1-2H3,(H,16,17). The fraction of sp³-hybridized carbons (Fsp3) is 0.462. The number of rotatable bonds is 7. The third-order valence-corrected chi connectivity index (χ3v) is 2.96. The molecule has 0 saturated carbocycles. The van der Waals surface area contributed by atoms with Crippen LogP contribution in [0.25, 0.3) is 0 Å². The maximum absolute atomic E-state index is 11.8. The van der Waals surface area contributed by atoms with Crippen LogP contribution in [-0.2, 0) is 9.53 Å². The number of amides is 1. The number of benzene rings is 1. The third-order valence-electron chi connectivity index (χ3n) is 2.47. The van der Waals surface area contributed by atoms with Crippen molar-refractivity contribution in [3.63, 3.8) is 0 Å². The number of nitrogen functional groups attached to an aromatic ring is 1. The molecule has 0 heterocycles. The first-order valence-corrected chi connectivity index (χ1v) is 6.82. The molecule has 0 spiro atoms. The molecule has 1 rings (SSSR count). The van der Waals surface area contributed by atoms with Gasteiger partial charge in [-0.05, 0) is 31.5 Å². The molecule has 1 atom stereocenters. The summed E-state index contributed by atoms with van der Waals surface area (Å²) in [5, 5.41) is 2.77. The van der Waals surface area contributed by atoms with Crippen LogP contribution >= 0.6 is 15.9 Å². The van der Waals surface area contributed by atoms with E-state index in [9.17, 15) is 4.79 Å². The predicted octanol–water partition coefficient (Wildman–Crippen LogP) is 1.95. The highest BCUT2D eigenvalue weighted by Gasteiger charge is 2.15. The molecule has 0 radical (unpaired) electrons. The highest BCUT2D eigenvalue weighted by molar-refractivity contribution is 9.10. The Morgan fingerprint density at radius 1 is 1.53 bits per heavy atom. The van der Waals surface area contributed by atoms with Gasteiger partial charge < -0.3 is 20.5 Å². The van der Waals surface area contributed by atoms with Gasteiger partial charge in [0.2, 0.25) is 0 Å². The third kappa shape index (κ3) is 5.48. The predicted molar refractivity (Wildman–Crippen MR) is 78.1 cm³/mol. The molecule has 0 bridgehead atoms. The van der Waals surface area contributed by atoms with Gasteiger partial charge in [-0.3, -0.25) is 4.79 Å². The Labute approximate surface area is 121 Å². The first-order chi connectivity index (χ1) is 9.04. The van der Waals surface area contributed by atoms with Gasteiger partial charge in [-0.25, -0.2) is 0 Å². The van der Waals surface area contributed by atoms with Gasteiger partial charge in [0.05, 0.1) is 5.69 Å². The zero-order valence-corrected chi connectivity index (χ0v) is 12.7. The summed E-state index contributed by atoms with van der Waals surface area (Å²) in [6.45, 7) is 2.87. The monoisotopic (exact) mass is 330 g/mol. The maximum Gasteiger partial charge on any atom is 0.260 e. The second-order valence-electron chi connectivity index (χ2n) is 4.08. The molecule has 1 amide bonds. The minimum atomic E-state index is -0.592. The lowest BCUT2D eigenvalue weighted by Crippen LogP contribution is -2.37. The fourth-order valence-corrected chi connectivity index (χ4v) is 1.82. The molecule has 0 aromatic heterocycles. The first-order valence-electron chi connectivity index (χ1n) is 6.03. The first kappa shape index (κ1) is 15.8. The van der Waals surface area contributed by atoms with E-state index in [2.05, 4.69) is 21.2 Å². The van der Waals surface area contributed by atoms with Crippen LogP contribution in [0.5, 0.6) is 5.75 Å². The summed E-state index contributed by atoms with van der Waals surface area (Å²) in [5.74, 6) is 0.334. The van der Waals surface area contributed by atoms with Crippen LogP contribution in [0.3, 0.4) is 0 Å². The Balaban J connectivity index is 2.45. The van der Waals surface area contributed by atoms with E-state index in [0.29, 0.717) is 24.6 Å². The van der Waals surface area contributed by atoms with Crippen LogP contribution < -0.4 is 15.8 Å². The Morgan fingerprint density at radius 3 is 2.89 bits per heavy atom. The van der Waals surface area contributed by atoms with Gasteiger partial charge in [-0.2, -0.15) is 0 Å². The molecular formula is C13H19BrN2O3. The Kier molecular flexibility index (Phi) is 6.66. The molecule has 6 heteroatoms. The van der Waals surface area contributed by atoms with Crippen molar-refractivity contribution in [3.05, 3.63) is 22.7 Å². The van der Waals surface area contributed by atoms with Crippen molar-refractivity contribution in [2.24, 2.45) is 0 Å². The number of carbonyl (C=O) groups excluding carboxylic acids is 1. The summed E-state index contributed by atoms with van der Waals surface area (Å²) < 4.78 is 11.3. The summed E-state index contributed by atoms with van der Waals surface area (Å²) in [7, 11) is 1.63. The number of halogens is 1. The lowest BCUT2D eigenvalue weighted by molar-refractivity contribution is -0.127. The highest BCUT2D eigenvalue weighted by Crippen LogP contribution is 2.26. The number of hydrogen-bond acceptors (Lipinski definition) is 4. The average molecular weight is 331 g/mol. The van der Waals surface area contributed by atoms with Gasteiger partial charge in [0.15, 0.2) is 6.10 Å². The van der Waals surface area contributed by atoms with Crippen LogP contribution in [0.1, 0.15) is 13.3 Å². The zero-order valence-electron chi connectivity index (χ0n) is 11.1. The molecule has 0 aliphatic heterocycles. The second kappa shape index (κ2) is 8.01. The van der Waals surface area contributed by atoms with Gasteiger partial charge in [0.25, 0.3) is 5.91 Å². The SMILES string of the molecule is COCCCNC(=O)C(C)Oc1ccc(Br)cc1N. The van der Waals surface area contributed by atoms with E-state index in [1.54, 1.807) is 26.2 Å². The van der Waals surface area contributed by atoms with Crippen LogP contribution in [0.15, 0.2) is 22.7 Å². The molecule has 0 aliphatic carbocycles. The van der Waals surface area contributed by atoms with Gasteiger partial charge in [-0.15, -0.1) is 0 Å². The Morgan fingerprint density at radius 2 is 2.26 bits per heavy atom. The normalized spacial score (nSPS) is 11.9. The van der Waals surface area contributed by atoms with Gasteiger partial charge >= 0.3 is 0 Å². The zero-order chi connectivity index (χ0) is 14.3. The smallest absolute Gasteiger partial charge is 0.260 e. The largest absolute Gasteiger partial charge is 0.479 e. The molecule has 1 aromatic rings. The second-order valence-corrected chi connectivity index (χ2v) is 5.00. The minimum Gasteiger partial charge on any atom is -0.479 e. The molecule has 106 valence electrons. The fourth-order valence-electron chi connectivity index (χ4n) is 1.44. The van der Waals surface area contributed by atoms with E-state index in [1.807, 2.05) is 6.07 Å². The van der Waals surface area contributed by atoms with Crippen molar-refractivity contribution in [2.45, 2.75) is 19.4 Å². The van der Waals surface area contributed by atoms with E-state index in [0.717, 1.165) is 10.9 Å². The van der Waals surface area contributed by atoms with Crippen molar-refractivity contribution in [3.8, 4) is 5.75 Å². The summed E-state index contributed by atoms with van der Waals surface area (Å²) in [6.07, 6.45) is 0.182. The van der Waals surface area contributed by atoms with Crippen molar-refractivity contribution in [2.75, 3.05) is 26.0 Å². The van der Waals surface area contributed by atoms with E-state index in [4.69, 9.17) is 15.2 Å². The molecule has 1 unspecified atom stereocenters. The summed E-state index contributed by atoms with van der Waals surface area (Å²) in [5.41, 5.74) is 6.30. The topological polar surface area (TPSA) is 73.6 Å². The maximum atomic E-state index is 11.8. The number of carbonyl (C=O) groups is 1. The number of ether oxygens (including phenoxy) is 2. The van der Waals surface area contributed by atoms with Gasteiger partial charge in [0, 0.05) is 24.7 Å². The van der Waals surface area contributed by atoms with Crippen LogP contribution in [-0.4, -0.2) is 32.3 Å². The number of methoxy groups -OCH3 is 1. The molecular weight excluding hydrogens is 312 g/mol. The van der Waals surface area contributed by atoms with Crippen LogP contribution in [0.4, 0.5) is 5.69 Å². The molecule has 0 saturated heterocycles. The van der Waals surface area contributed by atoms with Crippen molar-refractivity contribution < 1.29 is 14.3 Å². The quantitative estimate of drug-likeness (QED) is 0.592. The van der Waals surface area contributed by atoms with Crippen molar-refractivity contribution in [1.82, 2.24) is 5.32 Å². The van der Waals surface area contributed by atoms with Gasteiger partial charge in [-0.1, -0.05) is 15.9 Å². The Hall–Kier alpha value is -1.27. The molecule has 0 fully saturated rings. The summed E-state index contributed by atoms with van der Waals surface area (Å²) in [4.78, 5) is 11.8. The van der Waals surface area contributed by atoms with E-state index < -0.39 is 6.10 Å². The number of hydrogen-bond donors (Lipinski definition) is 2. The van der Waals surface area contributed by atoms with Crippen LogP contribution in [0.2, 0.25) is 0 Å². The number of anilines is 1. The molecule has 1 aromatic carbocycles. The lowest BCUT2D eigenvalue weighted by Gasteiger charge is -2.16. The molecule has 3 N–H and O–H groups in total. The van der Waals surface area contributed by atoms with E-state index >= 15 is 0 Å². The van der Waals surface area contributed by atoms with Crippen molar-refractivity contribution in [1.29, 1.82) is 0 Å². The van der Waals surface area contributed by atoms with E-state index in [1.165, 1.54) is 0 Å². The average Bonchev–Trinajstić information content (AvgIpc) is 2.37. The van der Waals surface area contributed by atoms with Crippen LogP contribution in [0, 0.1) is 0 Å². The molecule has 0 aliphatic rings. The van der Waals surface area contributed by atoms with Gasteiger partial charge in [0.1, 0.15) is 5.75 Å². The molecule has 19 heavy (non-hydrogen) atoms. The number of nitrogens with two attached hydrogens (primary N) is 1. The Bertz CT molecular complexity index is 426. The highest BCUT2D eigenvalue weighted by atomic mass is 79.9. The summed E-state index contributed by atoms with van der Waals surface area (Å²) in [6, 6.07) is 5.28. The number of nitrogens with one attached hydrogen (secondary N) is 1. The molecule has 5 nitrogen and oxygen atoms in total.